The van der Waals surface area contributed by atoms with Crippen LogP contribution in [-0.2, 0) is 29.1 Å². The molecule has 0 aromatic heterocycles. The van der Waals surface area contributed by atoms with Gasteiger partial charge in [-0.25, -0.2) is 4.39 Å². The van der Waals surface area contributed by atoms with Crippen molar-refractivity contribution in [2.45, 2.75) is 32.5 Å². The smallest absolute Gasteiger partial charge is 0.242 e. The highest BCUT2D eigenvalue weighted by Crippen LogP contribution is 2.28. The summed E-state index contributed by atoms with van der Waals surface area (Å²) >= 11 is 5.92. The molecule has 0 aliphatic carbocycles. The van der Waals surface area contributed by atoms with E-state index in [9.17, 15) is 14.0 Å². The molecule has 6 nitrogen and oxygen atoms in total. The molecule has 35 heavy (non-hydrogen) atoms. The lowest BCUT2D eigenvalue weighted by Crippen LogP contribution is -2.48. The van der Waals surface area contributed by atoms with Crippen LogP contribution in [0.3, 0.4) is 0 Å². The molecule has 0 radical (unpaired) electrons. The summed E-state index contributed by atoms with van der Waals surface area (Å²) in [6, 6.07) is 17.5. The molecule has 3 aromatic carbocycles. The lowest BCUT2D eigenvalue weighted by Gasteiger charge is -2.29. The topological polar surface area (TPSA) is 67.9 Å². The second-order valence-corrected chi connectivity index (χ2v) is 8.47. The molecule has 0 aliphatic rings. The lowest BCUT2D eigenvalue weighted by molar-refractivity contribution is -0.140. The first-order valence-corrected chi connectivity index (χ1v) is 11.5. The maximum Gasteiger partial charge on any atom is 0.242 e. The first-order valence-electron chi connectivity index (χ1n) is 11.1. The number of hydrogen-bond donors (Lipinski definition) is 1. The van der Waals surface area contributed by atoms with Crippen LogP contribution < -0.4 is 14.8 Å². The monoisotopic (exact) mass is 498 g/mol. The largest absolute Gasteiger partial charge is 0.493 e. The summed E-state index contributed by atoms with van der Waals surface area (Å²) in [6.07, 6.45) is 0.0519. The Balaban J connectivity index is 1.77. The van der Waals surface area contributed by atoms with E-state index in [-0.39, 0.29) is 30.6 Å². The summed E-state index contributed by atoms with van der Waals surface area (Å²) in [4.78, 5) is 27.9. The van der Waals surface area contributed by atoms with E-state index in [0.717, 1.165) is 5.56 Å². The zero-order valence-corrected chi connectivity index (χ0v) is 20.6. The van der Waals surface area contributed by atoms with Crippen molar-refractivity contribution in [3.05, 3.63) is 94.3 Å². The number of methoxy groups -OCH3 is 2. The van der Waals surface area contributed by atoms with Crippen LogP contribution in [0.25, 0.3) is 0 Å². The predicted octanol–water partition coefficient (Wildman–Crippen LogP) is 4.77. The number of benzene rings is 3. The fourth-order valence-corrected chi connectivity index (χ4v) is 3.70. The summed E-state index contributed by atoms with van der Waals surface area (Å²) in [5, 5.41) is 3.48. The van der Waals surface area contributed by atoms with Gasteiger partial charge in [0.2, 0.25) is 11.8 Å². The molecule has 1 atom stereocenters. The molecule has 184 valence electrons. The summed E-state index contributed by atoms with van der Waals surface area (Å²) in [5.41, 5.74) is 2.31. The average Bonchev–Trinajstić information content (AvgIpc) is 2.87. The highest BCUT2D eigenvalue weighted by atomic mass is 35.5. The highest BCUT2D eigenvalue weighted by molar-refractivity contribution is 6.30. The second-order valence-electron chi connectivity index (χ2n) is 8.03. The van der Waals surface area contributed by atoms with Crippen LogP contribution in [-0.4, -0.2) is 37.0 Å². The van der Waals surface area contributed by atoms with Crippen molar-refractivity contribution in [1.82, 2.24) is 10.2 Å². The number of nitrogens with one attached hydrogen (secondary N) is 1. The van der Waals surface area contributed by atoms with E-state index in [0.29, 0.717) is 34.2 Å². The fourth-order valence-electron chi connectivity index (χ4n) is 3.58. The number of carbonyl (C=O) groups excluding carboxylic acids is 2. The number of amides is 2. The normalized spacial score (nSPS) is 11.5. The number of hydrogen-bond acceptors (Lipinski definition) is 4. The van der Waals surface area contributed by atoms with Gasteiger partial charge in [0.05, 0.1) is 20.6 Å². The minimum absolute atomic E-state index is 0.0519. The van der Waals surface area contributed by atoms with E-state index in [1.165, 1.54) is 31.3 Å². The Morgan fingerprint density at radius 3 is 2.14 bits per heavy atom. The van der Waals surface area contributed by atoms with Crippen molar-refractivity contribution in [3.63, 3.8) is 0 Å². The molecule has 0 unspecified atom stereocenters. The van der Waals surface area contributed by atoms with Gasteiger partial charge < -0.3 is 19.7 Å². The van der Waals surface area contributed by atoms with Crippen LogP contribution in [0.15, 0.2) is 66.7 Å². The van der Waals surface area contributed by atoms with Gasteiger partial charge in [-0.05, 0) is 60.0 Å². The van der Waals surface area contributed by atoms with E-state index < -0.39 is 6.04 Å². The van der Waals surface area contributed by atoms with Gasteiger partial charge in [-0.3, -0.25) is 9.59 Å². The number of ether oxygens (including phenoxy) is 2. The molecule has 1 N–H and O–H groups in total. The van der Waals surface area contributed by atoms with Crippen molar-refractivity contribution in [2.24, 2.45) is 0 Å². The Bertz CT molecular complexity index is 1150. The minimum Gasteiger partial charge on any atom is -0.493 e. The number of nitrogens with zero attached hydrogens (tertiary/aromatic N) is 1. The van der Waals surface area contributed by atoms with Crippen LogP contribution in [0.2, 0.25) is 5.02 Å². The van der Waals surface area contributed by atoms with Crippen molar-refractivity contribution in [3.8, 4) is 11.5 Å². The number of carbonyl (C=O) groups is 2. The molecule has 0 bridgehead atoms. The lowest BCUT2D eigenvalue weighted by atomic mass is 10.1. The van der Waals surface area contributed by atoms with Crippen molar-refractivity contribution < 1.29 is 23.5 Å². The highest BCUT2D eigenvalue weighted by Gasteiger charge is 2.26. The van der Waals surface area contributed by atoms with Gasteiger partial charge in [0.25, 0.3) is 0 Å². The first kappa shape index (κ1) is 26.0. The predicted molar refractivity (Wildman–Crippen MR) is 133 cm³/mol. The summed E-state index contributed by atoms with van der Waals surface area (Å²) < 4.78 is 24.0. The summed E-state index contributed by atoms with van der Waals surface area (Å²) in [7, 11) is 3.06. The molecular formula is C27H28ClFN2O4. The zero-order chi connectivity index (χ0) is 25.4. The third-order valence-electron chi connectivity index (χ3n) is 5.62. The molecule has 2 amide bonds. The van der Waals surface area contributed by atoms with Gasteiger partial charge in [-0.15, -0.1) is 0 Å². The van der Waals surface area contributed by atoms with Gasteiger partial charge in [0.15, 0.2) is 11.5 Å². The summed E-state index contributed by atoms with van der Waals surface area (Å²) in [5.74, 6) is 0.141. The van der Waals surface area contributed by atoms with Crippen LogP contribution in [0.1, 0.15) is 23.6 Å². The van der Waals surface area contributed by atoms with Gasteiger partial charge in [0, 0.05) is 18.1 Å². The molecule has 0 saturated heterocycles. The van der Waals surface area contributed by atoms with E-state index in [2.05, 4.69) is 5.32 Å². The molecule has 0 saturated carbocycles. The molecule has 8 heteroatoms. The van der Waals surface area contributed by atoms with Crippen molar-refractivity contribution in [1.29, 1.82) is 0 Å². The molecule has 3 aromatic rings. The summed E-state index contributed by atoms with van der Waals surface area (Å²) in [6.45, 7) is 2.13. The second kappa shape index (κ2) is 12.2. The zero-order valence-electron chi connectivity index (χ0n) is 19.9. The maximum absolute atomic E-state index is 13.4. The number of rotatable bonds is 10. The van der Waals surface area contributed by atoms with Crippen molar-refractivity contribution in [2.75, 3.05) is 14.2 Å². The Labute approximate surface area is 209 Å². The first-order chi connectivity index (χ1) is 16.8. The molecule has 0 spiro atoms. The minimum atomic E-state index is -0.764. The van der Waals surface area contributed by atoms with Gasteiger partial charge in [0.1, 0.15) is 11.9 Å². The molecule has 3 rings (SSSR count). The standard InChI is InChI=1S/C27H28ClFN2O4/c1-18(27(33)30-16-19-4-9-22(28)10-5-19)31(17-20-6-11-23(29)12-7-20)26(32)15-21-8-13-24(34-2)25(14-21)35-3/h4-14,18H,15-17H2,1-3H3,(H,30,33)/t18-/m1/s1. The van der Waals surface area contributed by atoms with Gasteiger partial charge in [-0.1, -0.05) is 41.9 Å². The molecule has 0 heterocycles. The molecule has 0 aliphatic heterocycles. The Morgan fingerprint density at radius 2 is 1.51 bits per heavy atom. The Morgan fingerprint density at radius 1 is 0.914 bits per heavy atom. The van der Waals surface area contributed by atoms with Crippen molar-refractivity contribution >= 4 is 23.4 Å². The van der Waals surface area contributed by atoms with Crippen LogP contribution in [0.4, 0.5) is 4.39 Å². The third-order valence-corrected chi connectivity index (χ3v) is 5.87. The van der Waals surface area contributed by atoms with Crippen LogP contribution in [0.5, 0.6) is 11.5 Å². The Kier molecular flexibility index (Phi) is 9.09. The third kappa shape index (κ3) is 7.20. The van der Waals surface area contributed by atoms with Crippen LogP contribution >= 0.6 is 11.6 Å². The van der Waals surface area contributed by atoms with E-state index in [1.807, 2.05) is 12.1 Å². The Hall–Kier alpha value is -3.58. The maximum atomic E-state index is 13.4. The molecular weight excluding hydrogens is 471 g/mol. The number of halogens is 2. The quantitative estimate of drug-likeness (QED) is 0.437. The van der Waals surface area contributed by atoms with Gasteiger partial charge in [-0.2, -0.15) is 0 Å². The average molecular weight is 499 g/mol. The van der Waals surface area contributed by atoms with Crippen LogP contribution in [0, 0.1) is 5.82 Å². The van der Waals surface area contributed by atoms with Gasteiger partial charge >= 0.3 is 0 Å². The fraction of sp³-hybridized carbons (Fsp3) is 0.259. The SMILES string of the molecule is COc1ccc(CC(=O)N(Cc2ccc(F)cc2)[C@H](C)C(=O)NCc2ccc(Cl)cc2)cc1OC. The van der Waals surface area contributed by atoms with E-state index in [4.69, 9.17) is 21.1 Å². The van der Waals surface area contributed by atoms with E-state index >= 15 is 0 Å². The van der Waals surface area contributed by atoms with E-state index in [1.54, 1.807) is 49.4 Å². The molecule has 0 fully saturated rings.